The molecule has 6 nitrogen and oxygen atoms in total. The third-order valence-corrected chi connectivity index (χ3v) is 6.20. The molecule has 0 amide bonds. The SMILES string of the molecule is COC(=O)c1ccc(CN2CCCC(c3oc4c(C)c(O)ccc4c(=O)c3C)C2)cc1. The lowest BCUT2D eigenvalue weighted by Gasteiger charge is -2.32. The van der Waals surface area contributed by atoms with Crippen LogP contribution in [0, 0.1) is 13.8 Å². The third-order valence-electron chi connectivity index (χ3n) is 6.20. The number of fused-ring (bicyclic) bond motifs is 1. The summed E-state index contributed by atoms with van der Waals surface area (Å²) < 4.78 is 11.0. The lowest BCUT2D eigenvalue weighted by molar-refractivity contribution is 0.0600. The van der Waals surface area contributed by atoms with Crippen LogP contribution in [0.5, 0.6) is 5.75 Å². The minimum atomic E-state index is -0.340. The highest BCUT2D eigenvalue weighted by atomic mass is 16.5. The molecule has 0 aliphatic carbocycles. The van der Waals surface area contributed by atoms with Crippen molar-refractivity contribution in [2.45, 2.75) is 39.2 Å². The number of likely N-dealkylation sites (tertiary alicyclic amines) is 1. The lowest BCUT2D eigenvalue weighted by atomic mass is 9.92. The van der Waals surface area contributed by atoms with Crippen LogP contribution in [0.2, 0.25) is 0 Å². The summed E-state index contributed by atoms with van der Waals surface area (Å²) in [5, 5.41) is 10.6. The number of rotatable bonds is 4. The van der Waals surface area contributed by atoms with Crippen LogP contribution in [-0.4, -0.2) is 36.2 Å². The molecule has 1 saturated heterocycles. The summed E-state index contributed by atoms with van der Waals surface area (Å²) in [5.74, 6) is 0.623. The molecule has 0 bridgehead atoms. The second-order valence-electron chi connectivity index (χ2n) is 8.27. The number of phenolic OH excluding ortho intramolecular Hbond substituents is 1. The monoisotopic (exact) mass is 421 g/mol. The number of carbonyl (C=O) groups excluding carboxylic acids is 1. The minimum Gasteiger partial charge on any atom is -0.508 e. The Morgan fingerprint density at radius 2 is 1.90 bits per heavy atom. The fourth-order valence-corrected chi connectivity index (χ4v) is 4.42. The van der Waals surface area contributed by atoms with Crippen LogP contribution < -0.4 is 5.43 Å². The van der Waals surface area contributed by atoms with Gasteiger partial charge in [0.05, 0.1) is 18.1 Å². The summed E-state index contributed by atoms with van der Waals surface area (Å²) in [7, 11) is 1.38. The molecular weight excluding hydrogens is 394 g/mol. The van der Waals surface area contributed by atoms with E-state index in [0.29, 0.717) is 27.7 Å². The zero-order chi connectivity index (χ0) is 22.1. The summed E-state index contributed by atoms with van der Waals surface area (Å²) in [4.78, 5) is 26.9. The Hall–Kier alpha value is -3.12. The number of hydrogen-bond donors (Lipinski definition) is 1. The molecule has 2 heterocycles. The first kappa shape index (κ1) is 21.1. The number of nitrogens with zero attached hydrogens (tertiary/aromatic N) is 1. The fraction of sp³-hybridized carbons (Fsp3) is 0.360. The van der Waals surface area contributed by atoms with Crippen molar-refractivity contribution >= 4 is 16.9 Å². The fourth-order valence-electron chi connectivity index (χ4n) is 4.42. The van der Waals surface area contributed by atoms with Gasteiger partial charge < -0.3 is 14.3 Å². The van der Waals surface area contributed by atoms with Gasteiger partial charge in [-0.15, -0.1) is 0 Å². The highest BCUT2D eigenvalue weighted by Gasteiger charge is 2.27. The van der Waals surface area contributed by atoms with Crippen LogP contribution in [0.1, 0.15) is 51.6 Å². The van der Waals surface area contributed by atoms with E-state index in [1.54, 1.807) is 31.2 Å². The van der Waals surface area contributed by atoms with Crippen molar-refractivity contribution in [3.63, 3.8) is 0 Å². The second kappa shape index (κ2) is 8.55. The maximum Gasteiger partial charge on any atom is 0.337 e. The van der Waals surface area contributed by atoms with Crippen molar-refractivity contribution in [1.29, 1.82) is 0 Å². The van der Waals surface area contributed by atoms with Gasteiger partial charge in [-0.25, -0.2) is 4.79 Å². The molecule has 4 rings (SSSR count). The molecule has 1 aromatic heterocycles. The summed E-state index contributed by atoms with van der Waals surface area (Å²) in [6.45, 7) is 6.10. The molecule has 3 aromatic rings. The van der Waals surface area contributed by atoms with E-state index in [4.69, 9.17) is 9.15 Å². The largest absolute Gasteiger partial charge is 0.508 e. The Morgan fingerprint density at radius 1 is 1.16 bits per heavy atom. The Balaban J connectivity index is 1.58. The first-order chi connectivity index (χ1) is 14.9. The number of piperidine rings is 1. The summed E-state index contributed by atoms with van der Waals surface area (Å²) in [6.07, 6.45) is 1.95. The van der Waals surface area contributed by atoms with Crippen molar-refractivity contribution in [3.8, 4) is 5.75 Å². The second-order valence-corrected chi connectivity index (χ2v) is 8.27. The van der Waals surface area contributed by atoms with Crippen LogP contribution in [0.4, 0.5) is 0 Å². The summed E-state index contributed by atoms with van der Waals surface area (Å²) in [6, 6.07) is 10.6. The standard InChI is InChI=1S/C25H27NO5/c1-15-21(27)11-10-20-22(28)16(2)23(31-24(15)20)19-5-4-12-26(14-19)13-17-6-8-18(9-7-17)25(29)30-3/h6-11,19,27H,4-5,12-14H2,1-3H3. The topological polar surface area (TPSA) is 80.0 Å². The van der Waals surface area contributed by atoms with Gasteiger partial charge in [0.25, 0.3) is 0 Å². The van der Waals surface area contributed by atoms with Crippen molar-refractivity contribution < 1.29 is 19.1 Å². The molecular formula is C25H27NO5. The van der Waals surface area contributed by atoms with E-state index in [2.05, 4.69) is 4.90 Å². The smallest absolute Gasteiger partial charge is 0.337 e. The quantitative estimate of drug-likeness (QED) is 0.634. The van der Waals surface area contributed by atoms with E-state index in [-0.39, 0.29) is 23.1 Å². The van der Waals surface area contributed by atoms with Gasteiger partial charge in [0.15, 0.2) is 5.43 Å². The van der Waals surface area contributed by atoms with E-state index in [0.717, 1.165) is 43.8 Å². The first-order valence-corrected chi connectivity index (χ1v) is 10.5. The maximum absolute atomic E-state index is 12.9. The van der Waals surface area contributed by atoms with Crippen LogP contribution >= 0.6 is 0 Å². The van der Waals surface area contributed by atoms with Crippen molar-refractivity contribution in [1.82, 2.24) is 4.90 Å². The average Bonchev–Trinajstić information content (AvgIpc) is 2.79. The number of hydrogen-bond acceptors (Lipinski definition) is 6. The van der Waals surface area contributed by atoms with Gasteiger partial charge in [0, 0.05) is 30.1 Å². The van der Waals surface area contributed by atoms with Crippen LogP contribution in [0.25, 0.3) is 11.0 Å². The number of carbonyl (C=O) groups is 1. The van der Waals surface area contributed by atoms with E-state index < -0.39 is 0 Å². The van der Waals surface area contributed by atoms with E-state index in [9.17, 15) is 14.7 Å². The predicted molar refractivity (Wildman–Crippen MR) is 119 cm³/mol. The number of aromatic hydroxyl groups is 1. The summed E-state index contributed by atoms with van der Waals surface area (Å²) >= 11 is 0. The number of aryl methyl sites for hydroxylation is 1. The van der Waals surface area contributed by atoms with Gasteiger partial charge in [0.1, 0.15) is 17.1 Å². The van der Waals surface area contributed by atoms with E-state index in [1.807, 2.05) is 19.1 Å². The normalized spacial score (nSPS) is 17.1. The molecule has 0 saturated carbocycles. The molecule has 0 radical (unpaired) electrons. The molecule has 31 heavy (non-hydrogen) atoms. The molecule has 1 atom stereocenters. The number of ether oxygens (including phenoxy) is 1. The molecule has 2 aromatic carbocycles. The first-order valence-electron chi connectivity index (χ1n) is 10.5. The van der Waals surface area contributed by atoms with Gasteiger partial charge in [0.2, 0.25) is 0 Å². The van der Waals surface area contributed by atoms with Crippen molar-refractivity contribution in [3.05, 3.63) is 74.6 Å². The minimum absolute atomic E-state index is 0.0325. The number of benzene rings is 2. The highest BCUT2D eigenvalue weighted by molar-refractivity contribution is 5.89. The number of esters is 1. The molecule has 6 heteroatoms. The molecule has 0 spiro atoms. The Labute approximate surface area is 181 Å². The number of phenols is 1. The third kappa shape index (κ3) is 4.08. The Bertz CT molecular complexity index is 1180. The van der Waals surface area contributed by atoms with Gasteiger partial charge in [-0.2, -0.15) is 0 Å². The molecule has 1 aliphatic rings. The molecule has 162 valence electrons. The van der Waals surface area contributed by atoms with Crippen molar-refractivity contribution in [2.75, 3.05) is 20.2 Å². The maximum atomic E-state index is 12.9. The summed E-state index contributed by atoms with van der Waals surface area (Å²) in [5.41, 5.74) is 3.33. The van der Waals surface area contributed by atoms with Crippen LogP contribution in [0.15, 0.2) is 45.6 Å². The zero-order valence-electron chi connectivity index (χ0n) is 18.1. The average molecular weight is 421 g/mol. The van der Waals surface area contributed by atoms with Crippen LogP contribution in [-0.2, 0) is 11.3 Å². The number of methoxy groups -OCH3 is 1. The van der Waals surface area contributed by atoms with E-state index >= 15 is 0 Å². The molecule has 1 unspecified atom stereocenters. The molecule has 1 N–H and O–H groups in total. The predicted octanol–water partition coefficient (Wildman–Crippen LogP) is 4.28. The highest BCUT2D eigenvalue weighted by Crippen LogP contribution is 2.33. The van der Waals surface area contributed by atoms with Gasteiger partial charge in [-0.1, -0.05) is 12.1 Å². The van der Waals surface area contributed by atoms with Gasteiger partial charge in [-0.05, 0) is 63.1 Å². The molecule has 1 aliphatic heterocycles. The van der Waals surface area contributed by atoms with Crippen molar-refractivity contribution in [2.24, 2.45) is 0 Å². The van der Waals surface area contributed by atoms with E-state index in [1.165, 1.54) is 7.11 Å². The van der Waals surface area contributed by atoms with Crippen LogP contribution in [0.3, 0.4) is 0 Å². The van der Waals surface area contributed by atoms with Gasteiger partial charge in [-0.3, -0.25) is 9.69 Å². The Morgan fingerprint density at radius 3 is 2.61 bits per heavy atom. The Kier molecular flexibility index (Phi) is 5.83. The lowest BCUT2D eigenvalue weighted by Crippen LogP contribution is -2.34. The van der Waals surface area contributed by atoms with Gasteiger partial charge >= 0.3 is 5.97 Å². The molecule has 1 fully saturated rings. The zero-order valence-corrected chi connectivity index (χ0v) is 18.1.